The summed E-state index contributed by atoms with van der Waals surface area (Å²) in [4.78, 5) is 23.8. The molecule has 0 aromatic rings. The minimum absolute atomic E-state index is 0.000187. The first kappa shape index (κ1) is 11.5. The maximum absolute atomic E-state index is 12.0. The summed E-state index contributed by atoms with van der Waals surface area (Å²) < 4.78 is 11.1. The Morgan fingerprint density at radius 2 is 1.95 bits per heavy atom. The summed E-state index contributed by atoms with van der Waals surface area (Å²) in [6, 6.07) is 0. The molecule has 7 unspecified atom stereocenters. The van der Waals surface area contributed by atoms with Gasteiger partial charge in [0.2, 0.25) is 0 Å². The summed E-state index contributed by atoms with van der Waals surface area (Å²) in [6.07, 6.45) is 3.65. The molecule has 2 saturated heterocycles. The van der Waals surface area contributed by atoms with Crippen LogP contribution in [-0.4, -0.2) is 24.1 Å². The van der Waals surface area contributed by atoms with Crippen molar-refractivity contribution in [3.05, 3.63) is 11.6 Å². The molecule has 102 valence electrons. The number of hydrogen-bond acceptors (Lipinski definition) is 4. The van der Waals surface area contributed by atoms with E-state index in [4.69, 9.17) is 9.47 Å². The molecule has 7 atom stereocenters. The molecular formula is C15H18O4. The first-order valence-corrected chi connectivity index (χ1v) is 7.17. The zero-order valence-corrected chi connectivity index (χ0v) is 11.2. The molecule has 0 aromatic carbocycles. The second-order valence-electron chi connectivity index (χ2n) is 6.45. The van der Waals surface area contributed by atoms with Crippen molar-refractivity contribution >= 4 is 11.9 Å². The number of ether oxygens (including phenoxy) is 2. The fourth-order valence-electron chi connectivity index (χ4n) is 4.66. The van der Waals surface area contributed by atoms with Crippen LogP contribution in [0, 0.1) is 29.6 Å². The minimum Gasteiger partial charge on any atom is -0.461 e. The summed E-state index contributed by atoms with van der Waals surface area (Å²) in [5.74, 6) is 0.478. The second-order valence-corrected chi connectivity index (χ2v) is 6.45. The van der Waals surface area contributed by atoms with E-state index in [0.717, 1.165) is 12.8 Å². The third kappa shape index (κ3) is 1.35. The van der Waals surface area contributed by atoms with Crippen LogP contribution in [0.4, 0.5) is 0 Å². The molecule has 4 heteroatoms. The van der Waals surface area contributed by atoms with Crippen molar-refractivity contribution in [3.63, 3.8) is 0 Å². The van der Waals surface area contributed by atoms with E-state index in [-0.39, 0.29) is 53.7 Å². The van der Waals surface area contributed by atoms with Crippen LogP contribution in [-0.2, 0) is 19.1 Å². The van der Waals surface area contributed by atoms with Gasteiger partial charge in [0, 0.05) is 17.8 Å². The average molecular weight is 262 g/mol. The first-order chi connectivity index (χ1) is 9.08. The lowest BCUT2D eigenvalue weighted by Gasteiger charge is -2.27. The fraction of sp³-hybridized carbons (Fsp3) is 0.733. The normalized spacial score (nSPS) is 51.1. The van der Waals surface area contributed by atoms with E-state index < -0.39 is 0 Å². The first-order valence-electron chi connectivity index (χ1n) is 7.17. The highest BCUT2D eigenvalue weighted by Gasteiger charge is 2.59. The summed E-state index contributed by atoms with van der Waals surface area (Å²) in [5.41, 5.74) is 1.23. The van der Waals surface area contributed by atoms with Crippen molar-refractivity contribution in [1.82, 2.24) is 0 Å². The Kier molecular flexibility index (Phi) is 2.19. The van der Waals surface area contributed by atoms with Gasteiger partial charge in [-0.1, -0.05) is 12.5 Å². The highest BCUT2D eigenvalue weighted by atomic mass is 16.6. The van der Waals surface area contributed by atoms with E-state index in [2.05, 4.69) is 13.0 Å². The standard InChI is InChI=1S/C15H18O4/c1-6-5-10-12-9(15(17)18-10)4-3-8-7(2)14(16)19-13(8)11(6)12/h5,7-13H,3-4H2,1-2H3. The van der Waals surface area contributed by atoms with Crippen LogP contribution in [0.3, 0.4) is 0 Å². The molecule has 0 spiro atoms. The number of fused-ring (bicyclic) bond motifs is 2. The van der Waals surface area contributed by atoms with Crippen LogP contribution in [0.1, 0.15) is 26.7 Å². The van der Waals surface area contributed by atoms with E-state index in [9.17, 15) is 9.59 Å². The third-order valence-corrected chi connectivity index (χ3v) is 5.62. The number of hydrogen-bond donors (Lipinski definition) is 0. The smallest absolute Gasteiger partial charge is 0.309 e. The van der Waals surface area contributed by atoms with Gasteiger partial charge in [-0.2, -0.15) is 0 Å². The van der Waals surface area contributed by atoms with E-state index in [0.29, 0.717) is 0 Å². The summed E-state index contributed by atoms with van der Waals surface area (Å²) >= 11 is 0. The Labute approximate surface area is 112 Å². The van der Waals surface area contributed by atoms with Crippen molar-refractivity contribution in [2.24, 2.45) is 29.6 Å². The molecule has 2 heterocycles. The number of rotatable bonds is 0. The van der Waals surface area contributed by atoms with Gasteiger partial charge in [0.25, 0.3) is 0 Å². The summed E-state index contributed by atoms with van der Waals surface area (Å²) in [5, 5.41) is 0. The van der Waals surface area contributed by atoms with Gasteiger partial charge in [0.05, 0.1) is 11.8 Å². The topological polar surface area (TPSA) is 52.6 Å². The maximum Gasteiger partial charge on any atom is 0.309 e. The Hall–Kier alpha value is -1.32. The molecule has 4 nitrogen and oxygen atoms in total. The Balaban J connectivity index is 1.77. The van der Waals surface area contributed by atoms with Gasteiger partial charge in [-0.3, -0.25) is 9.59 Å². The van der Waals surface area contributed by atoms with E-state index in [1.165, 1.54) is 5.57 Å². The molecule has 0 radical (unpaired) electrons. The molecule has 19 heavy (non-hydrogen) atoms. The van der Waals surface area contributed by atoms with Gasteiger partial charge in [0.15, 0.2) is 0 Å². The molecule has 0 N–H and O–H groups in total. The van der Waals surface area contributed by atoms with Crippen LogP contribution >= 0.6 is 0 Å². The predicted molar refractivity (Wildman–Crippen MR) is 65.9 cm³/mol. The van der Waals surface area contributed by atoms with Gasteiger partial charge < -0.3 is 9.47 Å². The lowest BCUT2D eigenvalue weighted by molar-refractivity contribution is -0.146. The Morgan fingerprint density at radius 3 is 2.74 bits per heavy atom. The Bertz CT molecular complexity index is 494. The number of carbonyl (C=O) groups excluding carboxylic acids is 2. The van der Waals surface area contributed by atoms with E-state index in [1.807, 2.05) is 6.92 Å². The van der Waals surface area contributed by atoms with Crippen molar-refractivity contribution in [3.8, 4) is 0 Å². The molecule has 3 fully saturated rings. The molecular weight excluding hydrogens is 244 g/mol. The molecule has 2 aliphatic heterocycles. The number of esters is 2. The zero-order valence-electron chi connectivity index (χ0n) is 11.2. The molecule has 4 aliphatic rings. The van der Waals surface area contributed by atoms with Crippen LogP contribution in [0.25, 0.3) is 0 Å². The monoisotopic (exact) mass is 262 g/mol. The van der Waals surface area contributed by atoms with E-state index >= 15 is 0 Å². The summed E-state index contributed by atoms with van der Waals surface area (Å²) in [7, 11) is 0. The van der Waals surface area contributed by atoms with Gasteiger partial charge in [-0.05, 0) is 25.8 Å². The maximum atomic E-state index is 12.0. The fourth-order valence-corrected chi connectivity index (χ4v) is 4.66. The van der Waals surface area contributed by atoms with Crippen LogP contribution in [0.5, 0.6) is 0 Å². The molecule has 0 bridgehead atoms. The average Bonchev–Trinajstić information content (AvgIpc) is 2.86. The minimum atomic E-state index is -0.0872. The zero-order chi connectivity index (χ0) is 13.3. The molecule has 4 rings (SSSR count). The highest BCUT2D eigenvalue weighted by molar-refractivity contribution is 5.78. The quantitative estimate of drug-likeness (QED) is 0.492. The Morgan fingerprint density at radius 1 is 1.16 bits per heavy atom. The van der Waals surface area contributed by atoms with Gasteiger partial charge in [-0.25, -0.2) is 0 Å². The number of carbonyl (C=O) groups is 2. The SMILES string of the molecule is CC1=CC2OC(=O)C3CCC4C(C)C(=O)OC4C1C23. The van der Waals surface area contributed by atoms with Crippen LogP contribution in [0.2, 0.25) is 0 Å². The second kappa shape index (κ2) is 3.62. The van der Waals surface area contributed by atoms with Crippen molar-refractivity contribution in [2.45, 2.75) is 38.9 Å². The molecule has 2 aliphatic carbocycles. The lowest BCUT2D eigenvalue weighted by Crippen LogP contribution is -2.33. The van der Waals surface area contributed by atoms with E-state index in [1.54, 1.807) is 0 Å². The third-order valence-electron chi connectivity index (χ3n) is 5.62. The van der Waals surface area contributed by atoms with Crippen LogP contribution < -0.4 is 0 Å². The van der Waals surface area contributed by atoms with Crippen molar-refractivity contribution in [2.75, 3.05) is 0 Å². The van der Waals surface area contributed by atoms with Crippen molar-refractivity contribution < 1.29 is 19.1 Å². The summed E-state index contributed by atoms with van der Waals surface area (Å²) in [6.45, 7) is 4.03. The van der Waals surface area contributed by atoms with Gasteiger partial charge in [-0.15, -0.1) is 0 Å². The predicted octanol–water partition coefficient (Wildman–Crippen LogP) is 1.69. The van der Waals surface area contributed by atoms with Gasteiger partial charge >= 0.3 is 11.9 Å². The molecule has 1 saturated carbocycles. The molecule has 0 aromatic heterocycles. The van der Waals surface area contributed by atoms with Crippen molar-refractivity contribution in [1.29, 1.82) is 0 Å². The molecule has 0 amide bonds. The largest absolute Gasteiger partial charge is 0.461 e. The van der Waals surface area contributed by atoms with Gasteiger partial charge in [0.1, 0.15) is 12.2 Å². The lowest BCUT2D eigenvalue weighted by atomic mass is 9.78. The van der Waals surface area contributed by atoms with Crippen LogP contribution in [0.15, 0.2) is 11.6 Å². The highest BCUT2D eigenvalue weighted by Crippen LogP contribution is 2.54.